The third-order valence-corrected chi connectivity index (χ3v) is 4.16. The Hall–Kier alpha value is -3.65. The zero-order valence-electron chi connectivity index (χ0n) is 14.7. The van der Waals surface area contributed by atoms with Crippen LogP contribution >= 0.6 is 11.6 Å². The molecule has 0 radical (unpaired) electrons. The van der Waals surface area contributed by atoms with E-state index in [1.165, 1.54) is 13.2 Å². The van der Waals surface area contributed by atoms with Crippen LogP contribution in [-0.4, -0.2) is 38.2 Å². The summed E-state index contributed by atoms with van der Waals surface area (Å²) in [6, 6.07) is 14.5. The number of benzene rings is 2. The number of hydrogen-bond acceptors (Lipinski definition) is 7. The molecule has 0 aliphatic rings. The number of hydrogen-bond donors (Lipinski definition) is 2. The maximum Gasteiger partial charge on any atom is 0.226 e. The first kappa shape index (κ1) is 17.7. The van der Waals surface area contributed by atoms with Gasteiger partial charge < -0.3 is 9.84 Å². The second kappa shape index (κ2) is 7.53. The predicted molar refractivity (Wildman–Crippen MR) is 108 cm³/mol. The third kappa shape index (κ3) is 3.45. The summed E-state index contributed by atoms with van der Waals surface area (Å²) in [6.07, 6.45) is 3.23. The van der Waals surface area contributed by atoms with Crippen LogP contribution in [0.2, 0.25) is 5.28 Å². The number of hydrazone groups is 1. The van der Waals surface area contributed by atoms with E-state index in [9.17, 15) is 5.11 Å². The molecule has 0 fully saturated rings. The van der Waals surface area contributed by atoms with Gasteiger partial charge in [0.05, 0.1) is 30.6 Å². The van der Waals surface area contributed by atoms with Gasteiger partial charge >= 0.3 is 0 Å². The zero-order chi connectivity index (χ0) is 19.5. The van der Waals surface area contributed by atoms with Gasteiger partial charge in [-0.05, 0) is 47.5 Å². The zero-order valence-corrected chi connectivity index (χ0v) is 15.5. The molecule has 4 aromatic rings. The minimum atomic E-state index is 0.0604. The normalized spacial score (nSPS) is 11.2. The monoisotopic (exact) mass is 394 g/mol. The quantitative estimate of drug-likeness (QED) is 0.305. The second-order valence-electron chi connectivity index (χ2n) is 5.77. The number of aromatic hydroxyl groups is 1. The standard InChI is InChI=1S/C19H15ClN6O2/c1-28-16-9-12(7-8-15(16)27)10-21-25-17-14-11-22-26(13-5-3-2-4-6-13)18(14)24-19(20)23-17/h2-11,27H,1H3,(H,23,24,25)/b21-10+. The molecule has 0 aliphatic carbocycles. The predicted octanol–water partition coefficient (Wildman–Crippen LogP) is 3.63. The summed E-state index contributed by atoms with van der Waals surface area (Å²) in [5, 5.41) is 19.0. The summed E-state index contributed by atoms with van der Waals surface area (Å²) >= 11 is 6.09. The molecular weight excluding hydrogens is 380 g/mol. The van der Waals surface area contributed by atoms with Gasteiger partial charge in [-0.2, -0.15) is 20.2 Å². The Balaban J connectivity index is 1.65. The molecule has 0 unspecified atom stereocenters. The minimum absolute atomic E-state index is 0.0604. The van der Waals surface area contributed by atoms with Gasteiger partial charge in [0.25, 0.3) is 0 Å². The third-order valence-electron chi connectivity index (χ3n) is 3.99. The summed E-state index contributed by atoms with van der Waals surface area (Å²) in [7, 11) is 1.48. The van der Waals surface area contributed by atoms with E-state index in [0.29, 0.717) is 22.6 Å². The van der Waals surface area contributed by atoms with Crippen LogP contribution < -0.4 is 10.2 Å². The van der Waals surface area contributed by atoms with Crippen molar-refractivity contribution in [2.24, 2.45) is 5.10 Å². The van der Waals surface area contributed by atoms with Crippen molar-refractivity contribution >= 4 is 34.7 Å². The molecule has 0 bridgehead atoms. The highest BCUT2D eigenvalue weighted by molar-refractivity contribution is 6.28. The number of nitrogens with zero attached hydrogens (tertiary/aromatic N) is 5. The lowest BCUT2D eigenvalue weighted by molar-refractivity contribution is 0.373. The number of rotatable bonds is 5. The van der Waals surface area contributed by atoms with Crippen LogP contribution in [0.1, 0.15) is 5.56 Å². The Bertz CT molecular complexity index is 1160. The van der Waals surface area contributed by atoms with Crippen LogP contribution in [0.4, 0.5) is 5.82 Å². The molecule has 2 aromatic carbocycles. The van der Waals surface area contributed by atoms with Gasteiger partial charge in [0.1, 0.15) is 0 Å². The van der Waals surface area contributed by atoms with Crippen LogP contribution in [-0.2, 0) is 0 Å². The molecule has 0 amide bonds. The molecule has 28 heavy (non-hydrogen) atoms. The van der Waals surface area contributed by atoms with Gasteiger partial charge in [-0.15, -0.1) is 0 Å². The number of fused-ring (bicyclic) bond motifs is 1. The van der Waals surface area contributed by atoms with Gasteiger partial charge in [-0.3, -0.25) is 5.43 Å². The summed E-state index contributed by atoms with van der Waals surface area (Å²) in [4.78, 5) is 8.49. The van der Waals surface area contributed by atoms with Crippen LogP contribution in [0, 0.1) is 0 Å². The van der Waals surface area contributed by atoms with E-state index in [0.717, 1.165) is 11.3 Å². The molecule has 0 saturated carbocycles. The molecular formula is C19H15ClN6O2. The average molecular weight is 395 g/mol. The molecule has 2 heterocycles. The Morgan fingerprint density at radius 1 is 1.18 bits per heavy atom. The molecule has 0 spiro atoms. The number of aromatic nitrogens is 4. The Kier molecular flexibility index (Phi) is 4.77. The number of phenols is 1. The van der Waals surface area contributed by atoms with E-state index in [2.05, 4.69) is 25.6 Å². The SMILES string of the molecule is COc1cc(/C=N/Nc2nc(Cl)nc3c2cnn3-c2ccccc2)ccc1O. The van der Waals surface area contributed by atoms with Gasteiger partial charge in [-0.1, -0.05) is 18.2 Å². The molecule has 0 atom stereocenters. The largest absolute Gasteiger partial charge is 0.504 e. The highest BCUT2D eigenvalue weighted by Gasteiger charge is 2.13. The Morgan fingerprint density at radius 2 is 2.00 bits per heavy atom. The summed E-state index contributed by atoms with van der Waals surface area (Å²) in [5.74, 6) is 0.852. The van der Waals surface area contributed by atoms with Crippen LogP contribution in [0.25, 0.3) is 16.7 Å². The highest BCUT2D eigenvalue weighted by atomic mass is 35.5. The first-order chi connectivity index (χ1) is 13.7. The van der Waals surface area contributed by atoms with E-state index in [-0.39, 0.29) is 11.0 Å². The first-order valence-electron chi connectivity index (χ1n) is 8.28. The fourth-order valence-electron chi connectivity index (χ4n) is 2.67. The van der Waals surface area contributed by atoms with Gasteiger partial charge in [0.15, 0.2) is 23.0 Å². The highest BCUT2D eigenvalue weighted by Crippen LogP contribution is 2.26. The fourth-order valence-corrected chi connectivity index (χ4v) is 2.83. The summed E-state index contributed by atoms with van der Waals surface area (Å²) in [6.45, 7) is 0. The molecule has 2 aromatic heterocycles. The topological polar surface area (TPSA) is 97.5 Å². The van der Waals surface area contributed by atoms with Crippen molar-refractivity contribution in [1.29, 1.82) is 0 Å². The number of halogens is 1. The lowest BCUT2D eigenvalue weighted by atomic mass is 10.2. The Labute approximate surface area is 165 Å². The van der Waals surface area contributed by atoms with Crippen LogP contribution in [0.5, 0.6) is 11.5 Å². The summed E-state index contributed by atoms with van der Waals surface area (Å²) < 4.78 is 6.77. The number of anilines is 1. The Morgan fingerprint density at radius 3 is 2.79 bits per heavy atom. The van der Waals surface area contributed by atoms with Crippen molar-refractivity contribution in [2.75, 3.05) is 12.5 Å². The van der Waals surface area contributed by atoms with Gasteiger partial charge in [0.2, 0.25) is 5.28 Å². The number of nitrogens with one attached hydrogen (secondary N) is 1. The van der Waals surface area contributed by atoms with Gasteiger partial charge in [0, 0.05) is 0 Å². The van der Waals surface area contributed by atoms with Crippen molar-refractivity contribution in [2.45, 2.75) is 0 Å². The van der Waals surface area contributed by atoms with Crippen molar-refractivity contribution in [3.8, 4) is 17.2 Å². The van der Waals surface area contributed by atoms with Crippen LogP contribution in [0.15, 0.2) is 59.8 Å². The lowest BCUT2D eigenvalue weighted by Crippen LogP contribution is -2.00. The van der Waals surface area contributed by atoms with E-state index >= 15 is 0 Å². The molecule has 0 aliphatic heterocycles. The molecule has 0 saturated heterocycles. The van der Waals surface area contributed by atoms with Crippen molar-refractivity contribution in [3.63, 3.8) is 0 Å². The number of para-hydroxylation sites is 1. The van der Waals surface area contributed by atoms with Crippen LogP contribution in [0.3, 0.4) is 0 Å². The first-order valence-corrected chi connectivity index (χ1v) is 8.66. The number of methoxy groups -OCH3 is 1. The van der Waals surface area contributed by atoms with Crippen molar-refractivity contribution in [1.82, 2.24) is 19.7 Å². The minimum Gasteiger partial charge on any atom is -0.504 e. The van der Waals surface area contributed by atoms with E-state index in [4.69, 9.17) is 16.3 Å². The second-order valence-corrected chi connectivity index (χ2v) is 6.11. The molecule has 9 heteroatoms. The maximum atomic E-state index is 9.66. The van der Waals surface area contributed by atoms with Crippen molar-refractivity contribution in [3.05, 3.63) is 65.6 Å². The molecule has 4 rings (SSSR count). The molecule has 8 nitrogen and oxygen atoms in total. The van der Waals surface area contributed by atoms with E-state index < -0.39 is 0 Å². The van der Waals surface area contributed by atoms with Gasteiger partial charge in [-0.25, -0.2) is 4.68 Å². The number of phenolic OH excluding ortho intramolecular Hbond substituents is 1. The lowest BCUT2D eigenvalue weighted by Gasteiger charge is -2.05. The molecule has 2 N–H and O–H groups in total. The smallest absolute Gasteiger partial charge is 0.226 e. The maximum absolute atomic E-state index is 9.66. The molecule has 140 valence electrons. The van der Waals surface area contributed by atoms with Crippen molar-refractivity contribution < 1.29 is 9.84 Å². The van der Waals surface area contributed by atoms with E-state index in [1.807, 2.05) is 30.3 Å². The number of ether oxygens (including phenoxy) is 1. The average Bonchev–Trinajstić information content (AvgIpc) is 3.13. The fraction of sp³-hybridized carbons (Fsp3) is 0.0526. The summed E-state index contributed by atoms with van der Waals surface area (Å²) in [5.41, 5.74) is 5.03. The van der Waals surface area contributed by atoms with E-state index in [1.54, 1.807) is 29.2 Å².